The molecule has 0 N–H and O–H groups in total. The first-order valence-electron chi connectivity index (χ1n) is 12.3. The molecule has 36 heavy (non-hydrogen) atoms. The summed E-state index contributed by atoms with van der Waals surface area (Å²) >= 11 is 0. The number of rotatable bonds is 6. The molecule has 0 aliphatic carbocycles. The Labute approximate surface area is 211 Å². The monoisotopic (exact) mass is 492 g/mol. The predicted octanol–water partition coefficient (Wildman–Crippen LogP) is 2.94. The smallest absolute Gasteiger partial charge is 0.254 e. The Kier molecular flexibility index (Phi) is 6.49. The molecule has 1 aromatic heterocycles. The van der Waals surface area contributed by atoms with Crippen molar-refractivity contribution < 1.29 is 23.7 Å². The number of hydrogen-bond donors (Lipinski definition) is 0. The third kappa shape index (κ3) is 4.84. The Balaban J connectivity index is 1.24. The highest BCUT2D eigenvalue weighted by Crippen LogP contribution is 2.39. The fraction of sp³-hybridized carbons (Fsp3) is 0.519. The average Bonchev–Trinajstić information content (AvgIpc) is 3.42. The minimum absolute atomic E-state index is 0.0105. The van der Waals surface area contributed by atoms with E-state index < -0.39 is 11.9 Å². The minimum atomic E-state index is -0.723. The van der Waals surface area contributed by atoms with Crippen molar-refractivity contribution in [2.75, 3.05) is 44.8 Å². The Bertz CT molecular complexity index is 1170. The van der Waals surface area contributed by atoms with E-state index in [0.29, 0.717) is 49.2 Å². The zero-order valence-electron chi connectivity index (χ0n) is 21.1. The quantitative estimate of drug-likeness (QED) is 0.607. The van der Waals surface area contributed by atoms with Gasteiger partial charge < -0.3 is 28.7 Å². The lowest BCUT2D eigenvalue weighted by Crippen LogP contribution is -2.54. The third-order valence-electron chi connectivity index (χ3n) is 7.16. The first-order chi connectivity index (χ1) is 17.3. The lowest BCUT2D eigenvalue weighted by atomic mass is 9.90. The zero-order chi connectivity index (χ0) is 25.4. The molecular weight excluding hydrogens is 460 g/mol. The van der Waals surface area contributed by atoms with Gasteiger partial charge in [0, 0.05) is 25.2 Å². The standard InChI is InChI=1S/C27H32N4O5/c1-17-12-31(26(32)24-16-34-27(2,3)36-24)15-21(17)19-5-6-22(33-4)23(10-19)35-20-13-30(14-20)25-9-18(11-28)7-8-29-25/h5-10,17,20-21,24H,12-16H2,1-4H3/t17?,21?,24-/m0/s1. The van der Waals surface area contributed by atoms with Crippen LogP contribution in [0.3, 0.4) is 0 Å². The molecule has 3 atom stereocenters. The van der Waals surface area contributed by atoms with Crippen LogP contribution in [0.25, 0.3) is 0 Å². The predicted molar refractivity (Wildman–Crippen MR) is 132 cm³/mol. The second-order valence-corrected chi connectivity index (χ2v) is 10.2. The summed E-state index contributed by atoms with van der Waals surface area (Å²) in [5.41, 5.74) is 1.71. The summed E-state index contributed by atoms with van der Waals surface area (Å²) in [7, 11) is 1.63. The third-order valence-corrected chi connectivity index (χ3v) is 7.16. The number of aromatic nitrogens is 1. The molecule has 9 nitrogen and oxygen atoms in total. The molecule has 0 saturated carbocycles. The van der Waals surface area contributed by atoms with Gasteiger partial charge >= 0.3 is 0 Å². The van der Waals surface area contributed by atoms with Crippen LogP contribution in [0.15, 0.2) is 36.5 Å². The van der Waals surface area contributed by atoms with Crippen LogP contribution in [0, 0.1) is 17.2 Å². The van der Waals surface area contributed by atoms with E-state index in [1.807, 2.05) is 30.9 Å². The number of carbonyl (C=O) groups is 1. The maximum Gasteiger partial charge on any atom is 0.254 e. The number of amides is 1. The normalized spacial score (nSPS) is 25.4. The van der Waals surface area contributed by atoms with Crippen LogP contribution >= 0.6 is 0 Å². The Morgan fingerprint density at radius 2 is 1.97 bits per heavy atom. The van der Waals surface area contributed by atoms with Crippen LogP contribution in [-0.4, -0.2) is 73.7 Å². The van der Waals surface area contributed by atoms with Crippen LogP contribution in [0.1, 0.15) is 37.8 Å². The molecule has 0 radical (unpaired) electrons. The van der Waals surface area contributed by atoms with Crippen molar-refractivity contribution in [1.29, 1.82) is 5.26 Å². The van der Waals surface area contributed by atoms with Crippen molar-refractivity contribution in [2.45, 2.75) is 44.7 Å². The topological polar surface area (TPSA) is 97.2 Å². The number of ether oxygens (including phenoxy) is 4. The fourth-order valence-corrected chi connectivity index (χ4v) is 5.15. The minimum Gasteiger partial charge on any atom is -0.493 e. The van der Waals surface area contributed by atoms with E-state index in [1.165, 1.54) is 0 Å². The Morgan fingerprint density at radius 3 is 2.67 bits per heavy atom. The highest BCUT2D eigenvalue weighted by atomic mass is 16.7. The summed E-state index contributed by atoms with van der Waals surface area (Å²) in [5, 5.41) is 9.13. The molecule has 1 aromatic carbocycles. The second-order valence-electron chi connectivity index (χ2n) is 10.2. The number of nitriles is 1. The highest BCUT2D eigenvalue weighted by Gasteiger charge is 2.42. The molecule has 4 heterocycles. The molecule has 1 amide bonds. The van der Waals surface area contributed by atoms with Crippen LogP contribution in [0.2, 0.25) is 0 Å². The highest BCUT2D eigenvalue weighted by molar-refractivity contribution is 5.81. The van der Waals surface area contributed by atoms with E-state index in [9.17, 15) is 4.79 Å². The lowest BCUT2D eigenvalue weighted by Gasteiger charge is -2.40. The van der Waals surface area contributed by atoms with E-state index in [-0.39, 0.29) is 24.5 Å². The largest absolute Gasteiger partial charge is 0.493 e. The summed E-state index contributed by atoms with van der Waals surface area (Å²) in [6, 6.07) is 11.7. The van der Waals surface area contributed by atoms with E-state index >= 15 is 0 Å². The molecule has 3 aliphatic rings. The van der Waals surface area contributed by atoms with E-state index in [4.69, 9.17) is 24.2 Å². The van der Waals surface area contributed by atoms with E-state index in [0.717, 1.165) is 11.4 Å². The molecule has 2 aromatic rings. The van der Waals surface area contributed by atoms with Crippen LogP contribution in [0.4, 0.5) is 5.82 Å². The molecule has 190 valence electrons. The molecule has 3 saturated heterocycles. The maximum absolute atomic E-state index is 13.1. The summed E-state index contributed by atoms with van der Waals surface area (Å²) in [5.74, 6) is 1.90. The molecule has 2 unspecified atom stereocenters. The van der Waals surface area contributed by atoms with Crippen molar-refractivity contribution in [2.24, 2.45) is 5.92 Å². The van der Waals surface area contributed by atoms with Gasteiger partial charge in [-0.3, -0.25) is 4.79 Å². The van der Waals surface area contributed by atoms with Gasteiger partial charge in [-0.25, -0.2) is 4.98 Å². The van der Waals surface area contributed by atoms with Crippen molar-refractivity contribution in [3.05, 3.63) is 47.7 Å². The van der Waals surface area contributed by atoms with Gasteiger partial charge in [0.05, 0.1) is 38.4 Å². The fourth-order valence-electron chi connectivity index (χ4n) is 5.15. The van der Waals surface area contributed by atoms with Gasteiger partial charge in [-0.2, -0.15) is 5.26 Å². The van der Waals surface area contributed by atoms with E-state index in [2.05, 4.69) is 28.9 Å². The van der Waals surface area contributed by atoms with Gasteiger partial charge in [0.1, 0.15) is 11.9 Å². The van der Waals surface area contributed by atoms with Gasteiger partial charge in [-0.05, 0) is 49.6 Å². The van der Waals surface area contributed by atoms with Crippen molar-refractivity contribution in [3.8, 4) is 17.6 Å². The Morgan fingerprint density at radius 1 is 1.17 bits per heavy atom. The van der Waals surface area contributed by atoms with Gasteiger partial charge in [0.2, 0.25) is 0 Å². The number of likely N-dealkylation sites (tertiary alicyclic amines) is 1. The van der Waals surface area contributed by atoms with Gasteiger partial charge in [-0.1, -0.05) is 13.0 Å². The Hall–Kier alpha value is -3.35. The van der Waals surface area contributed by atoms with Crippen molar-refractivity contribution >= 4 is 11.7 Å². The summed E-state index contributed by atoms with van der Waals surface area (Å²) in [4.78, 5) is 21.4. The van der Waals surface area contributed by atoms with Crippen LogP contribution in [0.5, 0.6) is 11.5 Å². The van der Waals surface area contributed by atoms with Crippen LogP contribution in [-0.2, 0) is 14.3 Å². The SMILES string of the molecule is COc1ccc(C2CN(C(=O)[C@@H]3COC(C)(C)O3)CC2C)cc1OC1CN(c2cc(C#N)ccn2)C1. The van der Waals surface area contributed by atoms with Crippen molar-refractivity contribution in [1.82, 2.24) is 9.88 Å². The summed E-state index contributed by atoms with van der Waals surface area (Å²) in [6.45, 7) is 8.78. The number of pyridine rings is 1. The molecule has 0 bridgehead atoms. The second kappa shape index (κ2) is 9.60. The molecule has 9 heteroatoms. The van der Waals surface area contributed by atoms with Gasteiger partial charge in [0.25, 0.3) is 5.91 Å². The van der Waals surface area contributed by atoms with Gasteiger partial charge in [-0.15, -0.1) is 0 Å². The number of carbonyl (C=O) groups excluding carboxylic acids is 1. The lowest BCUT2D eigenvalue weighted by molar-refractivity contribution is -0.159. The molecule has 3 fully saturated rings. The summed E-state index contributed by atoms with van der Waals surface area (Å²) in [6.07, 6.45) is 1.09. The number of anilines is 1. The maximum atomic E-state index is 13.1. The number of nitrogens with zero attached hydrogens (tertiary/aromatic N) is 4. The number of methoxy groups -OCH3 is 1. The number of hydrogen-bond acceptors (Lipinski definition) is 8. The first kappa shape index (κ1) is 24.3. The molecule has 5 rings (SSSR count). The first-order valence-corrected chi connectivity index (χ1v) is 12.3. The molecular formula is C27H32N4O5. The van der Waals surface area contributed by atoms with Gasteiger partial charge in [0.15, 0.2) is 23.4 Å². The van der Waals surface area contributed by atoms with E-state index in [1.54, 1.807) is 25.4 Å². The van der Waals surface area contributed by atoms with Crippen molar-refractivity contribution in [3.63, 3.8) is 0 Å². The number of benzene rings is 1. The zero-order valence-corrected chi connectivity index (χ0v) is 21.1. The summed E-state index contributed by atoms with van der Waals surface area (Å²) < 4.78 is 23.3. The average molecular weight is 493 g/mol. The molecule has 0 spiro atoms. The molecule has 3 aliphatic heterocycles. The van der Waals surface area contributed by atoms with Crippen LogP contribution < -0.4 is 14.4 Å².